The molecule has 100 valence electrons. The first-order valence-electron chi connectivity index (χ1n) is 5.84. The molecule has 0 saturated heterocycles. The van der Waals surface area contributed by atoms with Crippen LogP contribution in [0.5, 0.6) is 0 Å². The van der Waals surface area contributed by atoms with Gasteiger partial charge in [-0.2, -0.15) is 5.10 Å². The third-order valence-electron chi connectivity index (χ3n) is 2.88. The van der Waals surface area contributed by atoms with Gasteiger partial charge in [0.05, 0.1) is 9.99 Å². The molecule has 3 rings (SSSR count). The van der Waals surface area contributed by atoms with E-state index >= 15 is 0 Å². The van der Waals surface area contributed by atoms with E-state index < -0.39 is 11.7 Å². The van der Waals surface area contributed by atoms with E-state index in [1.807, 2.05) is 24.3 Å². The molecule has 0 unspecified atom stereocenters. The molecule has 0 aliphatic carbocycles. The Bertz CT molecular complexity index is 800. The van der Waals surface area contributed by atoms with Crippen LogP contribution in [0.3, 0.4) is 0 Å². The summed E-state index contributed by atoms with van der Waals surface area (Å²) in [5.74, 6) is -0.466. The third kappa shape index (κ3) is 2.30. The maximum absolute atomic E-state index is 13.4. The van der Waals surface area contributed by atoms with E-state index in [1.54, 1.807) is 0 Å². The monoisotopic (exact) mass is 333 g/mol. The first-order chi connectivity index (χ1) is 9.65. The fraction of sp³-hybridized carbons (Fsp3) is 0. The van der Waals surface area contributed by atoms with Crippen LogP contribution in [0.25, 0.3) is 10.9 Å². The lowest BCUT2D eigenvalue weighted by Gasteiger charge is -2.03. The van der Waals surface area contributed by atoms with Crippen molar-refractivity contribution in [3.8, 4) is 0 Å². The molecule has 0 atom stereocenters. The number of para-hydroxylation sites is 1. The Kier molecular flexibility index (Phi) is 3.23. The lowest BCUT2D eigenvalue weighted by Crippen LogP contribution is -2.12. The predicted octanol–water partition coefficient (Wildman–Crippen LogP) is 3.72. The topological polar surface area (TPSA) is 57.8 Å². The van der Waals surface area contributed by atoms with E-state index in [4.69, 9.17) is 0 Å². The highest BCUT2D eigenvalue weighted by molar-refractivity contribution is 9.10. The largest absolute Gasteiger partial charge is 0.305 e. The number of hydrogen-bond donors (Lipinski definition) is 2. The summed E-state index contributed by atoms with van der Waals surface area (Å²) in [5.41, 5.74) is 1.06. The van der Waals surface area contributed by atoms with Gasteiger partial charge in [0, 0.05) is 10.9 Å². The van der Waals surface area contributed by atoms with Crippen LogP contribution in [-0.4, -0.2) is 16.1 Å². The second-order valence-electron chi connectivity index (χ2n) is 4.20. The molecule has 6 heteroatoms. The van der Waals surface area contributed by atoms with Crippen molar-refractivity contribution >= 4 is 38.6 Å². The zero-order chi connectivity index (χ0) is 14.1. The van der Waals surface area contributed by atoms with Gasteiger partial charge in [0.2, 0.25) is 0 Å². The Morgan fingerprint density at radius 2 is 2.05 bits per heavy atom. The van der Waals surface area contributed by atoms with Crippen LogP contribution >= 0.6 is 15.9 Å². The van der Waals surface area contributed by atoms with Crippen molar-refractivity contribution in [2.45, 2.75) is 0 Å². The number of halogens is 2. The summed E-state index contributed by atoms with van der Waals surface area (Å²) in [7, 11) is 0. The van der Waals surface area contributed by atoms with Crippen molar-refractivity contribution in [1.82, 2.24) is 10.2 Å². The van der Waals surface area contributed by atoms with Gasteiger partial charge in [-0.1, -0.05) is 12.1 Å². The average Bonchev–Trinajstić information content (AvgIpc) is 2.85. The molecule has 2 N–H and O–H groups in total. The van der Waals surface area contributed by atoms with E-state index in [0.29, 0.717) is 10.3 Å². The van der Waals surface area contributed by atoms with Crippen LogP contribution < -0.4 is 5.32 Å². The Balaban J connectivity index is 1.90. The van der Waals surface area contributed by atoms with Gasteiger partial charge in [-0.3, -0.25) is 9.89 Å². The average molecular weight is 334 g/mol. The van der Waals surface area contributed by atoms with Gasteiger partial charge in [0.25, 0.3) is 5.91 Å². The molecular formula is C14H9BrFN3O. The second-order valence-corrected chi connectivity index (χ2v) is 5.06. The van der Waals surface area contributed by atoms with Crippen molar-refractivity contribution in [3.05, 3.63) is 58.3 Å². The summed E-state index contributed by atoms with van der Waals surface area (Å²) in [6.45, 7) is 0. The number of amides is 1. The number of carbonyl (C=O) groups excluding carboxylic acids is 1. The second kappa shape index (κ2) is 5.05. The van der Waals surface area contributed by atoms with Gasteiger partial charge in [-0.05, 0) is 46.3 Å². The van der Waals surface area contributed by atoms with Crippen LogP contribution in [0, 0.1) is 5.82 Å². The number of aromatic nitrogens is 2. The molecule has 20 heavy (non-hydrogen) atoms. The number of H-pyrrole nitrogens is 1. The third-order valence-corrected chi connectivity index (χ3v) is 3.53. The molecule has 0 aliphatic heterocycles. The maximum atomic E-state index is 13.4. The first kappa shape index (κ1) is 12.8. The molecule has 0 fully saturated rings. The van der Waals surface area contributed by atoms with E-state index in [2.05, 4.69) is 31.4 Å². The standard InChI is InChI=1S/C14H9BrFN3O/c15-10-6-5-8(7-11(10)16)14(20)17-13-9-3-1-2-4-12(9)18-19-13/h1-7H,(H2,17,18,19,20). The Labute approximate surface area is 122 Å². The highest BCUT2D eigenvalue weighted by atomic mass is 79.9. The summed E-state index contributed by atoms with van der Waals surface area (Å²) in [6.07, 6.45) is 0. The van der Waals surface area contributed by atoms with E-state index in [1.165, 1.54) is 18.2 Å². The van der Waals surface area contributed by atoms with Gasteiger partial charge in [0.15, 0.2) is 5.82 Å². The zero-order valence-electron chi connectivity index (χ0n) is 10.2. The number of fused-ring (bicyclic) bond motifs is 1. The minimum atomic E-state index is -0.482. The highest BCUT2D eigenvalue weighted by Crippen LogP contribution is 2.21. The minimum absolute atomic E-state index is 0.234. The van der Waals surface area contributed by atoms with Crippen molar-refractivity contribution < 1.29 is 9.18 Å². The molecule has 1 amide bonds. The normalized spacial score (nSPS) is 10.7. The molecule has 0 radical (unpaired) electrons. The van der Waals surface area contributed by atoms with E-state index in [9.17, 15) is 9.18 Å². The number of nitrogens with zero attached hydrogens (tertiary/aromatic N) is 1. The van der Waals surface area contributed by atoms with Crippen LogP contribution in [0.2, 0.25) is 0 Å². The molecule has 3 aromatic rings. The van der Waals surface area contributed by atoms with Gasteiger partial charge >= 0.3 is 0 Å². The number of carbonyl (C=O) groups is 1. The summed E-state index contributed by atoms with van der Waals surface area (Å²) in [5, 5.41) is 10.3. The van der Waals surface area contributed by atoms with Gasteiger partial charge < -0.3 is 5.32 Å². The molecule has 0 spiro atoms. The minimum Gasteiger partial charge on any atom is -0.305 e. The Hall–Kier alpha value is -2.21. The quantitative estimate of drug-likeness (QED) is 0.750. The summed E-state index contributed by atoms with van der Waals surface area (Å²) in [6, 6.07) is 11.6. The first-order valence-corrected chi connectivity index (χ1v) is 6.64. The van der Waals surface area contributed by atoms with Gasteiger partial charge in [-0.15, -0.1) is 0 Å². The zero-order valence-corrected chi connectivity index (χ0v) is 11.7. The number of anilines is 1. The smallest absolute Gasteiger partial charge is 0.256 e. The van der Waals surface area contributed by atoms with E-state index in [-0.39, 0.29) is 5.56 Å². The molecule has 4 nitrogen and oxygen atoms in total. The van der Waals surface area contributed by atoms with Crippen molar-refractivity contribution in [2.24, 2.45) is 0 Å². The Morgan fingerprint density at radius 1 is 1.25 bits per heavy atom. The molecule has 2 aromatic carbocycles. The van der Waals surface area contributed by atoms with Crippen LogP contribution in [0.4, 0.5) is 10.2 Å². The summed E-state index contributed by atoms with van der Waals surface area (Å²) < 4.78 is 13.7. The summed E-state index contributed by atoms with van der Waals surface area (Å²) in [4.78, 5) is 12.1. The van der Waals surface area contributed by atoms with Crippen molar-refractivity contribution in [2.75, 3.05) is 5.32 Å². The molecule has 0 aliphatic rings. The SMILES string of the molecule is O=C(Nc1n[nH]c2ccccc12)c1ccc(Br)c(F)c1. The fourth-order valence-corrected chi connectivity index (χ4v) is 2.12. The van der Waals surface area contributed by atoms with Crippen LogP contribution in [0.15, 0.2) is 46.9 Å². The molecular weight excluding hydrogens is 325 g/mol. The lowest BCUT2D eigenvalue weighted by molar-refractivity contribution is 0.102. The summed E-state index contributed by atoms with van der Waals surface area (Å²) >= 11 is 3.05. The number of benzene rings is 2. The van der Waals surface area contributed by atoms with E-state index in [0.717, 1.165) is 10.9 Å². The Morgan fingerprint density at radius 3 is 2.85 bits per heavy atom. The molecule has 1 aromatic heterocycles. The number of aromatic amines is 1. The van der Waals surface area contributed by atoms with Gasteiger partial charge in [0.1, 0.15) is 5.82 Å². The lowest BCUT2D eigenvalue weighted by atomic mass is 10.2. The fourth-order valence-electron chi connectivity index (χ4n) is 1.88. The van der Waals surface area contributed by atoms with Crippen molar-refractivity contribution in [1.29, 1.82) is 0 Å². The number of hydrogen-bond acceptors (Lipinski definition) is 2. The predicted molar refractivity (Wildman–Crippen MR) is 78.1 cm³/mol. The van der Waals surface area contributed by atoms with Crippen LogP contribution in [-0.2, 0) is 0 Å². The molecule has 0 saturated carbocycles. The van der Waals surface area contributed by atoms with Crippen molar-refractivity contribution in [3.63, 3.8) is 0 Å². The number of nitrogens with one attached hydrogen (secondary N) is 2. The molecule has 0 bridgehead atoms. The maximum Gasteiger partial charge on any atom is 0.256 e. The number of rotatable bonds is 2. The molecule has 1 heterocycles. The highest BCUT2D eigenvalue weighted by Gasteiger charge is 2.12. The van der Waals surface area contributed by atoms with Crippen LogP contribution in [0.1, 0.15) is 10.4 Å². The van der Waals surface area contributed by atoms with Gasteiger partial charge in [-0.25, -0.2) is 4.39 Å².